The molecule has 0 saturated heterocycles. The van der Waals surface area contributed by atoms with Gasteiger partial charge in [-0.3, -0.25) is 4.79 Å². The summed E-state index contributed by atoms with van der Waals surface area (Å²) in [7, 11) is 0.749. The Morgan fingerprint density at radius 1 is 1.29 bits per heavy atom. The van der Waals surface area contributed by atoms with Gasteiger partial charge >= 0.3 is 11.9 Å². The van der Waals surface area contributed by atoms with Gasteiger partial charge in [0.15, 0.2) is 7.28 Å². The van der Waals surface area contributed by atoms with Crippen molar-refractivity contribution in [3.63, 3.8) is 0 Å². The Morgan fingerprint density at radius 3 is 2.47 bits per heavy atom. The van der Waals surface area contributed by atoms with Gasteiger partial charge in [0.05, 0.1) is 12.2 Å². The summed E-state index contributed by atoms with van der Waals surface area (Å²) in [5.74, 6) is -1.11. The number of carbonyl (C=O) groups is 2. The van der Waals surface area contributed by atoms with E-state index in [0.717, 1.165) is 12.7 Å². The number of esters is 1. The number of carboxylic acids is 1. The number of hydrogen-bond donors (Lipinski definition) is 1. The molecule has 0 fully saturated rings. The van der Waals surface area contributed by atoms with E-state index in [1.807, 2.05) is 0 Å². The zero-order chi connectivity index (χ0) is 12.7. The van der Waals surface area contributed by atoms with Crippen molar-refractivity contribution in [2.24, 2.45) is 0 Å². The summed E-state index contributed by atoms with van der Waals surface area (Å²) >= 11 is 0. The van der Waals surface area contributed by atoms with Crippen LogP contribution in [0.25, 0.3) is 0 Å². The SMILES string of the molecule is CCOC(=O)CCBc1ccc(C(=O)O)cc1. The molecule has 0 radical (unpaired) electrons. The van der Waals surface area contributed by atoms with Crippen LogP contribution in [0.1, 0.15) is 23.7 Å². The lowest BCUT2D eigenvalue weighted by Gasteiger charge is -2.01. The average molecular weight is 234 g/mol. The summed E-state index contributed by atoms with van der Waals surface area (Å²) in [5, 5.41) is 8.72. The van der Waals surface area contributed by atoms with Gasteiger partial charge in [-0.2, -0.15) is 0 Å². The number of rotatable bonds is 6. The number of benzene rings is 1. The van der Waals surface area contributed by atoms with Crippen molar-refractivity contribution in [2.45, 2.75) is 19.7 Å². The first-order valence-electron chi connectivity index (χ1n) is 5.61. The molecule has 0 atom stereocenters. The second-order valence-electron chi connectivity index (χ2n) is 3.66. The van der Waals surface area contributed by atoms with E-state index in [4.69, 9.17) is 9.84 Å². The molecule has 0 aromatic heterocycles. The summed E-state index contributed by atoms with van der Waals surface area (Å²) in [4.78, 5) is 21.7. The molecule has 0 aliphatic heterocycles. The highest BCUT2D eigenvalue weighted by atomic mass is 16.5. The molecule has 1 aromatic carbocycles. The highest BCUT2D eigenvalue weighted by Crippen LogP contribution is 1.98. The van der Waals surface area contributed by atoms with Crippen molar-refractivity contribution in [1.82, 2.24) is 0 Å². The fourth-order valence-corrected chi connectivity index (χ4v) is 1.48. The van der Waals surface area contributed by atoms with Crippen molar-refractivity contribution in [3.05, 3.63) is 29.8 Å². The van der Waals surface area contributed by atoms with Crippen LogP contribution in [-0.4, -0.2) is 30.9 Å². The van der Waals surface area contributed by atoms with Gasteiger partial charge in [-0.25, -0.2) is 4.79 Å². The van der Waals surface area contributed by atoms with Gasteiger partial charge in [-0.05, 0) is 19.1 Å². The summed E-state index contributed by atoms with van der Waals surface area (Å²) in [6.45, 7) is 2.19. The minimum atomic E-state index is -0.928. The van der Waals surface area contributed by atoms with Gasteiger partial charge in [-0.1, -0.05) is 23.9 Å². The van der Waals surface area contributed by atoms with Crippen LogP contribution >= 0.6 is 0 Å². The molecule has 1 N–H and O–H groups in total. The van der Waals surface area contributed by atoms with E-state index >= 15 is 0 Å². The Bertz CT molecular complexity index is 386. The number of ether oxygens (including phenoxy) is 1. The van der Waals surface area contributed by atoms with Gasteiger partial charge in [-0.15, -0.1) is 0 Å². The van der Waals surface area contributed by atoms with Crippen LogP contribution in [0.5, 0.6) is 0 Å². The summed E-state index contributed by atoms with van der Waals surface area (Å²) in [5.41, 5.74) is 1.30. The minimum absolute atomic E-state index is 0.186. The molecule has 0 spiro atoms. The smallest absolute Gasteiger partial charge is 0.335 e. The lowest BCUT2D eigenvalue weighted by molar-refractivity contribution is -0.142. The van der Waals surface area contributed by atoms with Gasteiger partial charge in [0.2, 0.25) is 0 Å². The zero-order valence-corrected chi connectivity index (χ0v) is 9.81. The van der Waals surface area contributed by atoms with E-state index in [9.17, 15) is 9.59 Å². The summed E-state index contributed by atoms with van der Waals surface area (Å²) < 4.78 is 4.81. The van der Waals surface area contributed by atoms with Crippen LogP contribution in [0.15, 0.2) is 24.3 Å². The molecular weight excluding hydrogens is 219 g/mol. The monoisotopic (exact) mass is 234 g/mol. The fraction of sp³-hybridized carbons (Fsp3) is 0.333. The Balaban J connectivity index is 2.37. The van der Waals surface area contributed by atoms with Crippen LogP contribution in [-0.2, 0) is 9.53 Å². The van der Waals surface area contributed by atoms with Gasteiger partial charge in [0.1, 0.15) is 0 Å². The second kappa shape index (κ2) is 6.73. The lowest BCUT2D eigenvalue weighted by Crippen LogP contribution is -2.16. The Morgan fingerprint density at radius 2 is 1.94 bits per heavy atom. The van der Waals surface area contributed by atoms with Crippen LogP contribution in [0.3, 0.4) is 0 Å². The highest BCUT2D eigenvalue weighted by Gasteiger charge is 2.05. The standard InChI is InChI=1S/C12H15BO4/c1-2-17-11(14)7-8-13-10-5-3-9(4-6-10)12(15)16/h3-6,13H,2,7-8H2,1H3,(H,15,16). The molecule has 0 bridgehead atoms. The zero-order valence-electron chi connectivity index (χ0n) is 9.81. The third-order valence-electron chi connectivity index (χ3n) is 2.35. The normalized spacial score (nSPS) is 9.71. The first-order chi connectivity index (χ1) is 8.13. The van der Waals surface area contributed by atoms with E-state index in [0.29, 0.717) is 19.3 Å². The minimum Gasteiger partial charge on any atom is -0.478 e. The number of carbonyl (C=O) groups excluding carboxylic acids is 1. The molecule has 0 aliphatic carbocycles. The van der Waals surface area contributed by atoms with E-state index in [2.05, 4.69) is 0 Å². The van der Waals surface area contributed by atoms with Crippen LogP contribution < -0.4 is 5.46 Å². The number of aromatic carboxylic acids is 1. The van der Waals surface area contributed by atoms with E-state index < -0.39 is 5.97 Å². The maximum atomic E-state index is 11.1. The molecule has 0 unspecified atom stereocenters. The Kier molecular flexibility index (Phi) is 5.26. The number of hydrogen-bond acceptors (Lipinski definition) is 3. The van der Waals surface area contributed by atoms with Crippen LogP contribution in [0.2, 0.25) is 6.32 Å². The predicted molar refractivity (Wildman–Crippen MR) is 66.2 cm³/mol. The van der Waals surface area contributed by atoms with Crippen molar-refractivity contribution >= 4 is 24.7 Å². The van der Waals surface area contributed by atoms with E-state index in [1.54, 1.807) is 31.2 Å². The highest BCUT2D eigenvalue weighted by molar-refractivity contribution is 6.53. The van der Waals surface area contributed by atoms with Gasteiger partial charge in [0.25, 0.3) is 0 Å². The molecular formula is C12H15BO4. The average Bonchev–Trinajstić information content (AvgIpc) is 2.30. The topological polar surface area (TPSA) is 63.6 Å². The predicted octanol–water partition coefficient (Wildman–Crippen LogP) is 0.818. The van der Waals surface area contributed by atoms with Crippen LogP contribution in [0.4, 0.5) is 0 Å². The summed E-state index contributed by atoms with van der Waals surface area (Å²) in [6.07, 6.45) is 1.11. The first kappa shape index (κ1) is 13.3. The largest absolute Gasteiger partial charge is 0.478 e. The molecule has 1 rings (SSSR count). The van der Waals surface area contributed by atoms with Crippen molar-refractivity contribution in [1.29, 1.82) is 0 Å². The molecule has 0 heterocycles. The molecule has 90 valence electrons. The molecule has 0 saturated carbocycles. The summed E-state index contributed by atoms with van der Waals surface area (Å²) in [6, 6.07) is 6.69. The molecule has 4 nitrogen and oxygen atoms in total. The molecule has 0 aliphatic rings. The Hall–Kier alpha value is -1.78. The maximum Gasteiger partial charge on any atom is 0.335 e. The Labute approximate surface area is 101 Å². The van der Waals surface area contributed by atoms with E-state index in [-0.39, 0.29) is 11.5 Å². The van der Waals surface area contributed by atoms with Crippen LogP contribution in [0, 0.1) is 0 Å². The van der Waals surface area contributed by atoms with Crippen molar-refractivity contribution < 1.29 is 19.4 Å². The molecule has 0 amide bonds. The maximum absolute atomic E-state index is 11.1. The third kappa shape index (κ3) is 4.72. The van der Waals surface area contributed by atoms with Crippen molar-refractivity contribution in [2.75, 3.05) is 6.61 Å². The third-order valence-corrected chi connectivity index (χ3v) is 2.35. The quantitative estimate of drug-likeness (QED) is 0.584. The van der Waals surface area contributed by atoms with Crippen molar-refractivity contribution in [3.8, 4) is 0 Å². The fourth-order valence-electron chi connectivity index (χ4n) is 1.48. The molecule has 1 aromatic rings. The van der Waals surface area contributed by atoms with Gasteiger partial charge < -0.3 is 9.84 Å². The van der Waals surface area contributed by atoms with E-state index in [1.165, 1.54) is 0 Å². The molecule has 5 heteroatoms. The first-order valence-corrected chi connectivity index (χ1v) is 5.61. The lowest BCUT2D eigenvalue weighted by atomic mass is 9.66. The second-order valence-corrected chi connectivity index (χ2v) is 3.66. The van der Waals surface area contributed by atoms with Gasteiger partial charge in [0, 0.05) is 6.42 Å². The number of carboxylic acid groups (broad SMARTS) is 1. The molecule has 17 heavy (non-hydrogen) atoms.